The van der Waals surface area contributed by atoms with Gasteiger partial charge in [-0.1, -0.05) is 0 Å². The number of hydrogen-bond donors (Lipinski definition) is 1. The molecular formula is C15H20F2N2O3. The molecule has 0 radical (unpaired) electrons. The summed E-state index contributed by atoms with van der Waals surface area (Å²) in [7, 11) is 3.52. The number of hydrogen-bond acceptors (Lipinski definition) is 5. The maximum Gasteiger partial charge on any atom is 0.260 e. The van der Waals surface area contributed by atoms with Gasteiger partial charge < -0.3 is 24.8 Å². The Hall–Kier alpha value is -1.60. The van der Waals surface area contributed by atoms with Crippen molar-refractivity contribution in [3.05, 3.63) is 16.7 Å². The van der Waals surface area contributed by atoms with E-state index in [0.717, 1.165) is 17.7 Å². The first-order valence-electron chi connectivity index (χ1n) is 7.15. The van der Waals surface area contributed by atoms with Gasteiger partial charge in [-0.3, -0.25) is 0 Å². The second kappa shape index (κ2) is 5.24. The minimum atomic E-state index is -2.71. The van der Waals surface area contributed by atoms with E-state index >= 15 is 0 Å². The third kappa shape index (κ3) is 2.11. The average molecular weight is 314 g/mol. The van der Waals surface area contributed by atoms with Crippen LogP contribution in [0.3, 0.4) is 0 Å². The molecule has 0 saturated heterocycles. The monoisotopic (exact) mass is 314 g/mol. The topological polar surface area (TPSA) is 57.0 Å². The summed E-state index contributed by atoms with van der Waals surface area (Å²) in [6.45, 7) is 2.68. The van der Waals surface area contributed by atoms with Gasteiger partial charge in [0, 0.05) is 24.2 Å². The molecule has 3 rings (SSSR count). The van der Waals surface area contributed by atoms with Gasteiger partial charge >= 0.3 is 0 Å². The molecule has 0 amide bonds. The highest BCUT2D eigenvalue weighted by atomic mass is 19.3. The van der Waals surface area contributed by atoms with Gasteiger partial charge in [-0.05, 0) is 26.0 Å². The summed E-state index contributed by atoms with van der Waals surface area (Å²) in [6, 6.07) is 0. The van der Waals surface area contributed by atoms with Crippen molar-refractivity contribution in [2.24, 2.45) is 5.73 Å². The van der Waals surface area contributed by atoms with Gasteiger partial charge in [0.1, 0.15) is 5.54 Å². The first-order chi connectivity index (χ1) is 10.4. The highest BCUT2D eigenvalue weighted by molar-refractivity contribution is 5.67. The molecule has 0 saturated carbocycles. The molecule has 0 aromatic heterocycles. The quantitative estimate of drug-likeness (QED) is 0.923. The summed E-state index contributed by atoms with van der Waals surface area (Å²) in [5, 5.41) is 0. The Bertz CT molecular complexity index is 605. The zero-order valence-electron chi connectivity index (χ0n) is 12.9. The molecule has 0 spiro atoms. The van der Waals surface area contributed by atoms with Crippen molar-refractivity contribution in [1.29, 1.82) is 0 Å². The van der Waals surface area contributed by atoms with Crippen molar-refractivity contribution in [2.45, 2.75) is 31.9 Å². The SMILES string of the molecule is COc1c2c(c(C(C)(N)C(F)F)c3c1OCO3)CCN(C)C2. The van der Waals surface area contributed by atoms with Gasteiger partial charge in [0.15, 0.2) is 11.5 Å². The van der Waals surface area contributed by atoms with Gasteiger partial charge in [0.25, 0.3) is 6.43 Å². The van der Waals surface area contributed by atoms with Crippen LogP contribution in [0.25, 0.3) is 0 Å². The van der Waals surface area contributed by atoms with Crippen LogP contribution < -0.4 is 19.9 Å². The molecule has 0 fully saturated rings. The van der Waals surface area contributed by atoms with Crippen molar-refractivity contribution in [3.8, 4) is 17.2 Å². The summed E-state index contributed by atoms with van der Waals surface area (Å²) in [5.41, 5.74) is 6.16. The predicted molar refractivity (Wildman–Crippen MR) is 76.7 cm³/mol. The van der Waals surface area contributed by atoms with E-state index in [0.29, 0.717) is 35.8 Å². The van der Waals surface area contributed by atoms with Crippen molar-refractivity contribution in [3.63, 3.8) is 0 Å². The number of nitrogens with zero attached hydrogens (tertiary/aromatic N) is 1. The highest BCUT2D eigenvalue weighted by Gasteiger charge is 2.43. The zero-order chi connectivity index (χ0) is 16.1. The van der Waals surface area contributed by atoms with Crippen molar-refractivity contribution < 1.29 is 23.0 Å². The van der Waals surface area contributed by atoms with Gasteiger partial charge in [0.05, 0.1) is 7.11 Å². The van der Waals surface area contributed by atoms with Crippen LogP contribution in [0.15, 0.2) is 0 Å². The minimum Gasteiger partial charge on any atom is -0.492 e. The van der Waals surface area contributed by atoms with Crippen molar-refractivity contribution in [2.75, 3.05) is 27.5 Å². The van der Waals surface area contributed by atoms with E-state index in [2.05, 4.69) is 4.90 Å². The van der Waals surface area contributed by atoms with Crippen LogP contribution in [0.1, 0.15) is 23.6 Å². The van der Waals surface area contributed by atoms with E-state index in [4.69, 9.17) is 19.9 Å². The van der Waals surface area contributed by atoms with Crippen LogP contribution in [-0.4, -0.2) is 38.8 Å². The average Bonchev–Trinajstić information content (AvgIpc) is 2.92. The Balaban J connectivity index is 2.31. The highest BCUT2D eigenvalue weighted by Crippen LogP contribution is 2.52. The van der Waals surface area contributed by atoms with Crippen molar-refractivity contribution in [1.82, 2.24) is 4.90 Å². The summed E-state index contributed by atoms with van der Waals surface area (Å²) < 4.78 is 43.5. The van der Waals surface area contributed by atoms with Gasteiger partial charge in [-0.15, -0.1) is 0 Å². The molecule has 1 aromatic rings. The molecule has 2 aliphatic heterocycles. The Morgan fingerprint density at radius 3 is 2.59 bits per heavy atom. The van der Waals surface area contributed by atoms with Crippen molar-refractivity contribution >= 4 is 0 Å². The molecule has 5 nitrogen and oxygen atoms in total. The number of methoxy groups -OCH3 is 1. The zero-order valence-corrected chi connectivity index (χ0v) is 12.9. The van der Waals surface area contributed by atoms with Crippen LogP contribution in [0.2, 0.25) is 0 Å². The Labute approximate surface area is 127 Å². The molecule has 2 heterocycles. The molecule has 1 aromatic carbocycles. The molecule has 1 unspecified atom stereocenters. The van der Waals surface area contributed by atoms with E-state index in [1.54, 1.807) is 7.11 Å². The van der Waals surface area contributed by atoms with E-state index in [-0.39, 0.29) is 6.79 Å². The molecule has 0 aliphatic carbocycles. The third-order valence-electron chi connectivity index (χ3n) is 4.35. The van der Waals surface area contributed by atoms with Crippen LogP contribution in [0.4, 0.5) is 8.78 Å². The van der Waals surface area contributed by atoms with Crippen LogP contribution in [-0.2, 0) is 18.5 Å². The maximum atomic E-state index is 13.5. The summed E-state index contributed by atoms with van der Waals surface area (Å²) in [6.07, 6.45) is -2.09. The van der Waals surface area contributed by atoms with Gasteiger partial charge in [0.2, 0.25) is 12.5 Å². The molecule has 22 heavy (non-hydrogen) atoms. The second-order valence-corrected chi connectivity index (χ2v) is 6.00. The normalized spacial score (nSPS) is 20.0. The molecule has 0 bridgehead atoms. The number of alkyl halides is 2. The van der Waals surface area contributed by atoms with Gasteiger partial charge in [-0.25, -0.2) is 8.78 Å². The fourth-order valence-electron chi connectivity index (χ4n) is 3.18. The van der Waals surface area contributed by atoms with E-state index < -0.39 is 12.0 Å². The Kier molecular flexibility index (Phi) is 3.65. The minimum absolute atomic E-state index is 0.0171. The number of halogens is 2. The lowest BCUT2D eigenvalue weighted by molar-refractivity contribution is 0.0596. The molecular weight excluding hydrogens is 294 g/mol. The molecule has 2 aliphatic rings. The Morgan fingerprint density at radius 1 is 1.27 bits per heavy atom. The lowest BCUT2D eigenvalue weighted by Crippen LogP contribution is -2.43. The third-order valence-corrected chi connectivity index (χ3v) is 4.35. The fourth-order valence-corrected chi connectivity index (χ4v) is 3.18. The Morgan fingerprint density at radius 2 is 1.95 bits per heavy atom. The summed E-state index contributed by atoms with van der Waals surface area (Å²) >= 11 is 0. The number of fused-ring (bicyclic) bond motifs is 2. The molecule has 1 atom stereocenters. The number of ether oxygens (including phenoxy) is 3. The lowest BCUT2D eigenvalue weighted by atomic mass is 9.82. The molecule has 122 valence electrons. The maximum absolute atomic E-state index is 13.5. The number of rotatable bonds is 3. The van der Waals surface area contributed by atoms with E-state index in [1.807, 2.05) is 7.05 Å². The van der Waals surface area contributed by atoms with Crippen LogP contribution in [0, 0.1) is 0 Å². The lowest BCUT2D eigenvalue weighted by Gasteiger charge is -2.34. The number of likely N-dealkylation sites (N-methyl/N-ethyl adjacent to an activating group) is 1. The molecule has 7 heteroatoms. The largest absolute Gasteiger partial charge is 0.492 e. The fraction of sp³-hybridized carbons (Fsp3) is 0.600. The smallest absolute Gasteiger partial charge is 0.260 e. The predicted octanol–water partition coefficient (Wildman–Crippen LogP) is 1.85. The first kappa shape index (κ1) is 15.3. The summed E-state index contributed by atoms with van der Waals surface area (Å²) in [4.78, 5) is 2.10. The molecule has 2 N–H and O–H groups in total. The van der Waals surface area contributed by atoms with E-state index in [1.165, 1.54) is 6.92 Å². The first-order valence-corrected chi connectivity index (χ1v) is 7.15. The summed E-state index contributed by atoms with van der Waals surface area (Å²) in [5.74, 6) is 1.23. The van der Waals surface area contributed by atoms with Gasteiger partial charge in [-0.2, -0.15) is 0 Å². The van der Waals surface area contributed by atoms with Crippen LogP contribution in [0.5, 0.6) is 17.2 Å². The number of nitrogens with two attached hydrogens (primary N) is 1. The van der Waals surface area contributed by atoms with Crippen LogP contribution >= 0.6 is 0 Å². The van der Waals surface area contributed by atoms with E-state index in [9.17, 15) is 8.78 Å². The second-order valence-electron chi connectivity index (χ2n) is 6.00. The standard InChI is InChI=1S/C15H20F2N2O3/c1-15(18,14(16)17)10-8-4-5-19(2)6-9(8)11(20-3)13-12(10)21-7-22-13/h14H,4-7,18H2,1-3H3. The number of benzene rings is 1.